The Kier molecular flexibility index (Phi) is 5.52. The maximum atomic E-state index is 12.9. The summed E-state index contributed by atoms with van der Waals surface area (Å²) in [6.45, 7) is 0. The minimum absolute atomic E-state index is 0.146. The second-order valence-corrected chi connectivity index (χ2v) is 7.76. The largest absolute Gasteiger partial charge is 0.322 e. The third kappa shape index (κ3) is 4.29. The Morgan fingerprint density at radius 1 is 0.788 bits per heavy atom. The van der Waals surface area contributed by atoms with Crippen LogP contribution in [0.4, 0.5) is 5.69 Å². The number of anilines is 1. The molecule has 0 aliphatic heterocycles. The van der Waals surface area contributed by atoms with Crippen LogP contribution in [0.2, 0.25) is 0 Å². The fourth-order valence-electron chi connectivity index (χ4n) is 3.83. The molecule has 0 spiro atoms. The van der Waals surface area contributed by atoms with Crippen molar-refractivity contribution in [1.82, 2.24) is 9.55 Å². The van der Waals surface area contributed by atoms with Crippen LogP contribution in [0, 0.1) is 0 Å². The van der Waals surface area contributed by atoms with Crippen LogP contribution in [-0.4, -0.2) is 15.5 Å². The van der Waals surface area contributed by atoms with E-state index in [4.69, 9.17) is 0 Å². The van der Waals surface area contributed by atoms with Crippen molar-refractivity contribution >= 4 is 22.5 Å². The summed E-state index contributed by atoms with van der Waals surface area (Å²) >= 11 is 0. The number of fused-ring (bicyclic) bond motifs is 1. The second kappa shape index (κ2) is 8.93. The summed E-state index contributed by atoms with van der Waals surface area (Å²) in [4.78, 5) is 30.1. The van der Waals surface area contributed by atoms with Crippen LogP contribution in [0.15, 0.2) is 114 Å². The third-order valence-electron chi connectivity index (χ3n) is 5.58. The summed E-state index contributed by atoms with van der Waals surface area (Å²) < 4.78 is 1.49. The number of aromatic nitrogens is 2. The molecule has 1 aromatic heterocycles. The molecule has 0 aliphatic carbocycles. The number of amides is 1. The van der Waals surface area contributed by atoms with Crippen molar-refractivity contribution in [3.63, 3.8) is 0 Å². The van der Waals surface area contributed by atoms with E-state index in [0.717, 1.165) is 17.7 Å². The van der Waals surface area contributed by atoms with E-state index in [2.05, 4.69) is 22.4 Å². The van der Waals surface area contributed by atoms with E-state index in [-0.39, 0.29) is 11.5 Å². The Morgan fingerprint density at radius 3 is 2.30 bits per heavy atom. The van der Waals surface area contributed by atoms with Gasteiger partial charge in [0.1, 0.15) is 6.33 Å². The first-order chi connectivity index (χ1) is 16.2. The number of carbonyl (C=O) groups excluding carboxylic acids is 1. The molecule has 5 rings (SSSR count). The number of hydrogen-bond donors (Lipinski definition) is 1. The zero-order chi connectivity index (χ0) is 22.6. The molecule has 1 heterocycles. The molecule has 0 saturated heterocycles. The van der Waals surface area contributed by atoms with Crippen molar-refractivity contribution in [2.75, 3.05) is 5.32 Å². The van der Waals surface area contributed by atoms with Gasteiger partial charge in [-0.05, 0) is 60.0 Å². The first-order valence-electron chi connectivity index (χ1n) is 10.7. The lowest BCUT2D eigenvalue weighted by atomic mass is 10.0. The molecule has 1 amide bonds. The van der Waals surface area contributed by atoms with E-state index in [1.54, 1.807) is 30.3 Å². The fourth-order valence-corrected chi connectivity index (χ4v) is 3.83. The molecule has 4 aromatic carbocycles. The normalized spacial score (nSPS) is 10.8. The lowest BCUT2D eigenvalue weighted by Crippen LogP contribution is -2.19. The molecule has 0 bridgehead atoms. The molecule has 1 N–H and O–H groups in total. The minimum atomic E-state index is -0.203. The Morgan fingerprint density at radius 2 is 1.48 bits per heavy atom. The average Bonchev–Trinajstić information content (AvgIpc) is 2.86. The van der Waals surface area contributed by atoms with Crippen molar-refractivity contribution in [1.29, 1.82) is 0 Å². The molecule has 0 radical (unpaired) electrons. The third-order valence-corrected chi connectivity index (χ3v) is 5.58. The molecule has 5 heteroatoms. The van der Waals surface area contributed by atoms with E-state index < -0.39 is 0 Å². The molecular weight excluding hydrogens is 410 g/mol. The van der Waals surface area contributed by atoms with Crippen molar-refractivity contribution < 1.29 is 4.79 Å². The van der Waals surface area contributed by atoms with Gasteiger partial charge in [-0.15, -0.1) is 0 Å². The second-order valence-electron chi connectivity index (χ2n) is 7.76. The molecule has 0 unspecified atom stereocenters. The molecule has 0 fully saturated rings. The molecule has 0 saturated carbocycles. The number of para-hydroxylation sites is 2. The SMILES string of the molecule is O=C(Nc1ccccc1Cc1ccccc1)c1ccc(-n2cnc3ccccc3c2=O)cc1. The van der Waals surface area contributed by atoms with E-state index in [1.165, 1.54) is 16.5 Å². The molecule has 160 valence electrons. The number of carbonyl (C=O) groups is 1. The Labute approximate surface area is 191 Å². The van der Waals surface area contributed by atoms with Crippen LogP contribution in [0.1, 0.15) is 21.5 Å². The molecule has 0 aliphatic rings. The van der Waals surface area contributed by atoms with Gasteiger partial charge in [0.25, 0.3) is 11.5 Å². The highest BCUT2D eigenvalue weighted by Crippen LogP contribution is 2.20. The maximum Gasteiger partial charge on any atom is 0.265 e. The Hall–Kier alpha value is -4.51. The molecule has 0 atom stereocenters. The first kappa shape index (κ1) is 20.4. The standard InChI is InChI=1S/C28H21N3O2/c32-27(30-25-12-6-4-10-22(25)18-20-8-2-1-3-9-20)21-14-16-23(17-15-21)31-19-29-26-13-7-5-11-24(26)28(31)33/h1-17,19H,18H2,(H,30,32). The number of benzene rings is 4. The lowest BCUT2D eigenvalue weighted by molar-refractivity contribution is 0.102. The van der Waals surface area contributed by atoms with E-state index >= 15 is 0 Å². The monoisotopic (exact) mass is 431 g/mol. The highest BCUT2D eigenvalue weighted by Gasteiger charge is 2.11. The van der Waals surface area contributed by atoms with Crippen molar-refractivity contribution in [2.45, 2.75) is 6.42 Å². The van der Waals surface area contributed by atoms with Crippen LogP contribution in [-0.2, 0) is 6.42 Å². The number of rotatable bonds is 5. The summed E-state index contributed by atoms with van der Waals surface area (Å²) in [6, 6.07) is 32.1. The van der Waals surface area contributed by atoms with Crippen LogP contribution < -0.4 is 10.9 Å². The highest BCUT2D eigenvalue weighted by molar-refractivity contribution is 6.04. The Balaban J connectivity index is 1.37. The summed E-state index contributed by atoms with van der Waals surface area (Å²) in [5.41, 5.74) is 4.68. The summed E-state index contributed by atoms with van der Waals surface area (Å²) in [6.07, 6.45) is 2.24. The fraction of sp³-hybridized carbons (Fsp3) is 0.0357. The van der Waals surface area contributed by atoms with Crippen LogP contribution >= 0.6 is 0 Å². The van der Waals surface area contributed by atoms with Gasteiger partial charge in [-0.3, -0.25) is 14.2 Å². The van der Waals surface area contributed by atoms with Crippen LogP contribution in [0.5, 0.6) is 0 Å². The topological polar surface area (TPSA) is 64.0 Å². The summed E-state index contributed by atoms with van der Waals surface area (Å²) in [5, 5.41) is 3.57. The van der Waals surface area contributed by atoms with Gasteiger partial charge in [-0.2, -0.15) is 0 Å². The van der Waals surface area contributed by atoms with Crippen molar-refractivity contribution in [3.05, 3.63) is 136 Å². The molecular formula is C28H21N3O2. The summed E-state index contributed by atoms with van der Waals surface area (Å²) in [5.74, 6) is -0.203. The van der Waals surface area contributed by atoms with Gasteiger partial charge < -0.3 is 5.32 Å². The van der Waals surface area contributed by atoms with Gasteiger partial charge in [0.05, 0.1) is 16.6 Å². The maximum absolute atomic E-state index is 12.9. The molecule has 5 nitrogen and oxygen atoms in total. The minimum Gasteiger partial charge on any atom is -0.322 e. The summed E-state index contributed by atoms with van der Waals surface area (Å²) in [7, 11) is 0. The van der Waals surface area contributed by atoms with E-state index in [9.17, 15) is 9.59 Å². The lowest BCUT2D eigenvalue weighted by Gasteiger charge is -2.12. The quantitative estimate of drug-likeness (QED) is 0.415. The van der Waals surface area contributed by atoms with Crippen molar-refractivity contribution in [2.24, 2.45) is 0 Å². The number of hydrogen-bond acceptors (Lipinski definition) is 3. The van der Waals surface area contributed by atoms with Crippen molar-refractivity contribution in [3.8, 4) is 5.69 Å². The zero-order valence-electron chi connectivity index (χ0n) is 17.8. The first-order valence-corrected chi connectivity index (χ1v) is 10.7. The smallest absolute Gasteiger partial charge is 0.265 e. The predicted molar refractivity (Wildman–Crippen MR) is 131 cm³/mol. The highest BCUT2D eigenvalue weighted by atomic mass is 16.1. The van der Waals surface area contributed by atoms with Gasteiger partial charge in [-0.1, -0.05) is 60.7 Å². The van der Waals surface area contributed by atoms with Gasteiger partial charge >= 0.3 is 0 Å². The van der Waals surface area contributed by atoms with Gasteiger partial charge in [0.15, 0.2) is 0 Å². The Bertz CT molecular complexity index is 1490. The van der Waals surface area contributed by atoms with Gasteiger partial charge in [0.2, 0.25) is 0 Å². The number of nitrogens with zero attached hydrogens (tertiary/aromatic N) is 2. The van der Waals surface area contributed by atoms with Gasteiger partial charge in [0, 0.05) is 11.3 Å². The average molecular weight is 431 g/mol. The van der Waals surface area contributed by atoms with Crippen LogP contribution in [0.25, 0.3) is 16.6 Å². The van der Waals surface area contributed by atoms with Gasteiger partial charge in [-0.25, -0.2) is 4.98 Å². The van der Waals surface area contributed by atoms with Crippen LogP contribution in [0.3, 0.4) is 0 Å². The number of nitrogens with one attached hydrogen (secondary N) is 1. The van der Waals surface area contributed by atoms with E-state index in [1.807, 2.05) is 60.7 Å². The molecule has 5 aromatic rings. The van der Waals surface area contributed by atoms with E-state index in [0.29, 0.717) is 22.2 Å². The predicted octanol–water partition coefficient (Wildman–Crippen LogP) is 5.23. The zero-order valence-corrected chi connectivity index (χ0v) is 17.8. The molecule has 33 heavy (non-hydrogen) atoms.